The number of ether oxygens (including phenoxy) is 1. The van der Waals surface area contributed by atoms with E-state index >= 15 is 0 Å². The summed E-state index contributed by atoms with van der Waals surface area (Å²) in [5.41, 5.74) is 0. The molecule has 0 saturated carbocycles. The quantitative estimate of drug-likeness (QED) is 0.850. The molecule has 2 rings (SSSR count). The molecule has 0 amide bonds. The fraction of sp³-hybridized carbons (Fsp3) is 0.750. The standard InChI is InChI=1S/C12H24N4O2SSi/c1-12(2,3)20(4,5)15-19(13,17)10-9-14-16-7-6-8-18-11(10)16/h9H,6-8H2,1-5H3,(H2,13,15,17)/t19-/m1/s1. The van der Waals surface area contributed by atoms with Crippen molar-refractivity contribution in [2.24, 2.45) is 9.17 Å². The summed E-state index contributed by atoms with van der Waals surface area (Å²) >= 11 is 0. The third-order valence-corrected chi connectivity index (χ3v) is 11.5. The number of fused-ring (bicyclic) bond motifs is 1. The van der Waals surface area contributed by atoms with Crippen LogP contribution in [0.25, 0.3) is 0 Å². The third kappa shape index (κ3) is 2.77. The molecule has 0 spiro atoms. The van der Waals surface area contributed by atoms with Crippen LogP contribution in [0.5, 0.6) is 5.88 Å². The van der Waals surface area contributed by atoms with E-state index < -0.39 is 18.2 Å². The Hall–Kier alpha value is -0.863. The Morgan fingerprint density at radius 1 is 1.50 bits per heavy atom. The number of aromatic nitrogens is 2. The van der Waals surface area contributed by atoms with Crippen LogP contribution >= 0.6 is 0 Å². The van der Waals surface area contributed by atoms with Gasteiger partial charge in [0.2, 0.25) is 5.88 Å². The summed E-state index contributed by atoms with van der Waals surface area (Å²) in [7, 11) is -5.08. The molecule has 2 heterocycles. The van der Waals surface area contributed by atoms with Gasteiger partial charge in [-0.2, -0.15) is 5.10 Å². The van der Waals surface area contributed by atoms with E-state index in [-0.39, 0.29) is 5.04 Å². The second kappa shape index (κ2) is 4.85. The Balaban J connectivity index is 2.51. The van der Waals surface area contributed by atoms with Gasteiger partial charge in [-0.3, -0.25) is 4.03 Å². The van der Waals surface area contributed by atoms with E-state index in [2.05, 4.69) is 43.0 Å². The van der Waals surface area contributed by atoms with Crippen LogP contribution in [-0.2, 0) is 16.5 Å². The minimum absolute atomic E-state index is 0.0108. The zero-order valence-corrected chi connectivity index (χ0v) is 14.7. The van der Waals surface area contributed by atoms with Crippen LogP contribution in [0.15, 0.2) is 15.1 Å². The van der Waals surface area contributed by atoms with Gasteiger partial charge in [-0.1, -0.05) is 20.8 Å². The Kier molecular flexibility index (Phi) is 3.77. The Labute approximate surface area is 122 Å². The molecular weight excluding hydrogens is 292 g/mol. The van der Waals surface area contributed by atoms with Crippen molar-refractivity contribution in [3.8, 4) is 5.88 Å². The van der Waals surface area contributed by atoms with Crippen molar-refractivity contribution in [2.45, 2.75) is 56.8 Å². The van der Waals surface area contributed by atoms with Gasteiger partial charge in [0.1, 0.15) is 14.8 Å². The lowest BCUT2D eigenvalue weighted by molar-refractivity contribution is 0.224. The van der Waals surface area contributed by atoms with Gasteiger partial charge in [0.05, 0.1) is 12.8 Å². The predicted molar refractivity (Wildman–Crippen MR) is 82.6 cm³/mol. The van der Waals surface area contributed by atoms with Gasteiger partial charge in [0.25, 0.3) is 0 Å². The average molecular weight is 317 g/mol. The average Bonchev–Trinajstić information content (AvgIpc) is 2.70. The summed E-state index contributed by atoms with van der Waals surface area (Å²) in [5.74, 6) is 0.520. The topological polar surface area (TPSA) is 82.5 Å². The number of aryl methyl sites for hydroxylation is 1. The van der Waals surface area contributed by atoms with Crippen LogP contribution in [0.1, 0.15) is 27.2 Å². The molecule has 0 unspecified atom stereocenters. The van der Waals surface area contributed by atoms with E-state index in [4.69, 9.17) is 9.88 Å². The van der Waals surface area contributed by atoms with Crippen LogP contribution in [0.4, 0.5) is 0 Å². The molecular formula is C12H24N4O2SSi. The number of nitrogens with two attached hydrogens (primary N) is 1. The minimum atomic E-state index is -2.97. The maximum absolute atomic E-state index is 12.9. The van der Waals surface area contributed by atoms with Gasteiger partial charge in [0.15, 0.2) is 8.24 Å². The first-order chi connectivity index (χ1) is 9.05. The maximum atomic E-state index is 12.9. The Morgan fingerprint density at radius 2 is 2.15 bits per heavy atom. The minimum Gasteiger partial charge on any atom is -0.477 e. The molecule has 0 radical (unpaired) electrons. The van der Waals surface area contributed by atoms with Crippen LogP contribution < -0.4 is 9.88 Å². The van der Waals surface area contributed by atoms with Crippen LogP contribution in [-0.4, -0.2) is 28.8 Å². The number of rotatable bonds is 2. The normalized spacial score (nSPS) is 18.9. The summed E-state index contributed by atoms with van der Waals surface area (Å²) < 4.78 is 24.8. The number of hydrogen-bond donors (Lipinski definition) is 1. The molecule has 1 aromatic heterocycles. The first kappa shape index (κ1) is 15.5. The van der Waals surface area contributed by atoms with Crippen molar-refractivity contribution in [3.63, 3.8) is 0 Å². The smallest absolute Gasteiger partial charge is 0.230 e. The van der Waals surface area contributed by atoms with Gasteiger partial charge >= 0.3 is 0 Å². The van der Waals surface area contributed by atoms with Crippen LogP contribution in [0, 0.1) is 0 Å². The SMILES string of the molecule is CC(C)(C)[Si](C)(C)N=[S@@](N)(=O)c1cnn2c1OCCC2. The molecule has 1 aromatic rings. The van der Waals surface area contributed by atoms with E-state index in [1.165, 1.54) is 0 Å². The lowest BCUT2D eigenvalue weighted by Gasteiger charge is -2.32. The van der Waals surface area contributed by atoms with E-state index in [0.717, 1.165) is 13.0 Å². The number of nitrogens with zero attached hydrogens (tertiary/aromatic N) is 3. The van der Waals surface area contributed by atoms with Crippen molar-refractivity contribution < 1.29 is 8.95 Å². The molecule has 0 aromatic carbocycles. The van der Waals surface area contributed by atoms with E-state index in [1.54, 1.807) is 10.9 Å². The van der Waals surface area contributed by atoms with E-state index in [0.29, 0.717) is 17.4 Å². The molecule has 1 atom stereocenters. The lowest BCUT2D eigenvalue weighted by Crippen LogP contribution is -2.37. The largest absolute Gasteiger partial charge is 0.477 e. The molecule has 6 nitrogen and oxygen atoms in total. The molecule has 0 fully saturated rings. The summed E-state index contributed by atoms with van der Waals surface area (Å²) in [4.78, 5) is 0.432. The lowest BCUT2D eigenvalue weighted by atomic mass is 10.2. The fourth-order valence-corrected chi connectivity index (χ4v) is 6.58. The second-order valence-corrected chi connectivity index (χ2v) is 13.6. The molecule has 8 heteroatoms. The van der Waals surface area contributed by atoms with Gasteiger partial charge in [-0.25, -0.2) is 14.0 Å². The van der Waals surface area contributed by atoms with Gasteiger partial charge in [0, 0.05) is 13.0 Å². The fourth-order valence-electron chi connectivity index (χ4n) is 1.77. The van der Waals surface area contributed by atoms with E-state index in [1.807, 2.05) is 0 Å². The van der Waals surface area contributed by atoms with Crippen molar-refractivity contribution in [3.05, 3.63) is 6.20 Å². The van der Waals surface area contributed by atoms with Crippen LogP contribution in [0.2, 0.25) is 18.1 Å². The molecule has 0 saturated heterocycles. The third-order valence-electron chi connectivity index (χ3n) is 4.03. The molecule has 0 bridgehead atoms. The zero-order chi connectivity index (χ0) is 15.2. The highest BCUT2D eigenvalue weighted by Gasteiger charge is 2.38. The maximum Gasteiger partial charge on any atom is 0.230 e. The Morgan fingerprint density at radius 3 is 2.75 bits per heavy atom. The van der Waals surface area contributed by atoms with Gasteiger partial charge in [-0.15, -0.1) is 0 Å². The summed E-state index contributed by atoms with van der Waals surface area (Å²) in [6, 6.07) is 0. The summed E-state index contributed by atoms with van der Waals surface area (Å²) in [6.45, 7) is 11.9. The first-order valence-corrected chi connectivity index (χ1v) is 11.3. The van der Waals surface area contributed by atoms with Gasteiger partial charge < -0.3 is 4.74 Å². The predicted octanol–water partition coefficient (Wildman–Crippen LogP) is 2.37. The van der Waals surface area contributed by atoms with Crippen molar-refractivity contribution in [1.82, 2.24) is 9.78 Å². The molecule has 114 valence electrons. The molecule has 20 heavy (non-hydrogen) atoms. The monoisotopic (exact) mass is 316 g/mol. The highest BCUT2D eigenvalue weighted by molar-refractivity contribution is 7.92. The van der Waals surface area contributed by atoms with Crippen molar-refractivity contribution >= 4 is 18.2 Å². The Bertz CT molecular complexity index is 624. The molecule has 1 aliphatic rings. The van der Waals surface area contributed by atoms with Crippen molar-refractivity contribution in [2.75, 3.05) is 6.61 Å². The highest BCUT2D eigenvalue weighted by atomic mass is 32.2. The van der Waals surface area contributed by atoms with Crippen LogP contribution in [0.3, 0.4) is 0 Å². The molecule has 0 aliphatic carbocycles. The number of hydrogen-bond acceptors (Lipinski definition) is 4. The molecule has 1 aliphatic heterocycles. The second-order valence-electron chi connectivity index (χ2n) is 6.71. The zero-order valence-electron chi connectivity index (χ0n) is 12.8. The highest BCUT2D eigenvalue weighted by Crippen LogP contribution is 2.38. The first-order valence-electron chi connectivity index (χ1n) is 6.79. The summed E-state index contributed by atoms with van der Waals surface area (Å²) in [5, 5.41) is 10.2. The van der Waals surface area contributed by atoms with Gasteiger partial charge in [-0.05, 0) is 18.1 Å². The van der Waals surface area contributed by atoms with E-state index in [9.17, 15) is 4.21 Å². The molecule has 2 N–H and O–H groups in total. The summed E-state index contributed by atoms with van der Waals surface area (Å²) in [6.07, 6.45) is 2.44. The van der Waals surface area contributed by atoms with Crippen molar-refractivity contribution in [1.29, 1.82) is 0 Å².